The molecule has 1 heterocycles. The van der Waals surface area contributed by atoms with Crippen molar-refractivity contribution in [2.75, 3.05) is 38.7 Å². The summed E-state index contributed by atoms with van der Waals surface area (Å²) >= 11 is 0. The summed E-state index contributed by atoms with van der Waals surface area (Å²) in [5, 5.41) is 4.06. The first-order valence-electron chi connectivity index (χ1n) is 13.0. The highest BCUT2D eigenvalue weighted by molar-refractivity contribution is 5.93. The van der Waals surface area contributed by atoms with Gasteiger partial charge in [-0.2, -0.15) is 0 Å². The van der Waals surface area contributed by atoms with E-state index >= 15 is 0 Å². The summed E-state index contributed by atoms with van der Waals surface area (Å²) in [6.45, 7) is 5.11. The van der Waals surface area contributed by atoms with Gasteiger partial charge in [-0.3, -0.25) is 4.79 Å². The molecule has 204 valence electrons. The highest BCUT2D eigenvalue weighted by atomic mass is 19.1. The third kappa shape index (κ3) is 7.23. The normalized spacial score (nSPS) is 11.0. The maximum Gasteiger partial charge on any atom is 0.322 e. The van der Waals surface area contributed by atoms with Crippen molar-refractivity contribution >= 4 is 28.5 Å². The maximum atomic E-state index is 13.7. The van der Waals surface area contributed by atoms with Gasteiger partial charge in [0.15, 0.2) is 0 Å². The number of ether oxygens (including phenoxy) is 1. The number of carbonyl (C=O) groups is 2. The van der Waals surface area contributed by atoms with E-state index in [1.54, 1.807) is 24.1 Å². The van der Waals surface area contributed by atoms with Gasteiger partial charge in [-0.15, -0.1) is 0 Å². The first-order valence-corrected chi connectivity index (χ1v) is 13.0. The van der Waals surface area contributed by atoms with Crippen LogP contribution in [0.5, 0.6) is 0 Å². The van der Waals surface area contributed by atoms with Gasteiger partial charge in [-0.25, -0.2) is 9.18 Å². The molecule has 7 nitrogen and oxygen atoms in total. The van der Waals surface area contributed by atoms with Crippen LogP contribution >= 0.6 is 0 Å². The number of halogens is 1. The molecule has 8 heteroatoms. The second kappa shape index (κ2) is 13.1. The molecule has 0 bridgehead atoms. The first-order chi connectivity index (χ1) is 18.9. The number of amides is 3. The van der Waals surface area contributed by atoms with Gasteiger partial charge in [-0.1, -0.05) is 42.5 Å². The number of anilines is 1. The molecule has 0 saturated carbocycles. The van der Waals surface area contributed by atoms with E-state index in [-0.39, 0.29) is 30.8 Å². The number of carbonyl (C=O) groups excluding carboxylic acids is 2. The van der Waals surface area contributed by atoms with Crippen LogP contribution in [0.2, 0.25) is 0 Å². The summed E-state index contributed by atoms with van der Waals surface area (Å²) in [6.07, 6.45) is 2.59. The lowest BCUT2D eigenvalue weighted by atomic mass is 10.1. The first kappa shape index (κ1) is 27.9. The van der Waals surface area contributed by atoms with Crippen molar-refractivity contribution < 1.29 is 18.7 Å². The van der Waals surface area contributed by atoms with E-state index in [4.69, 9.17) is 4.74 Å². The van der Waals surface area contributed by atoms with Crippen LogP contribution in [0.3, 0.4) is 0 Å². The summed E-state index contributed by atoms with van der Waals surface area (Å²) in [7, 11) is 1.56. The molecule has 0 aliphatic carbocycles. The Morgan fingerprint density at radius 2 is 1.72 bits per heavy atom. The Labute approximate surface area is 228 Å². The van der Waals surface area contributed by atoms with Gasteiger partial charge in [0, 0.05) is 49.5 Å². The number of nitrogens with one attached hydrogen (secondary N) is 2. The third-order valence-electron chi connectivity index (χ3n) is 6.99. The van der Waals surface area contributed by atoms with Crippen molar-refractivity contribution in [1.82, 2.24) is 14.8 Å². The monoisotopic (exact) mass is 530 g/mol. The van der Waals surface area contributed by atoms with Crippen molar-refractivity contribution in [3.8, 4) is 0 Å². The minimum Gasteiger partial charge on any atom is -0.383 e. The van der Waals surface area contributed by atoms with Crippen molar-refractivity contribution in [3.05, 3.63) is 101 Å². The molecule has 0 fully saturated rings. The van der Waals surface area contributed by atoms with Crippen molar-refractivity contribution in [2.45, 2.75) is 26.8 Å². The zero-order valence-corrected chi connectivity index (χ0v) is 22.7. The van der Waals surface area contributed by atoms with E-state index in [0.717, 1.165) is 33.2 Å². The van der Waals surface area contributed by atoms with Gasteiger partial charge < -0.3 is 24.8 Å². The van der Waals surface area contributed by atoms with Crippen LogP contribution in [0.1, 0.15) is 22.3 Å². The van der Waals surface area contributed by atoms with Crippen LogP contribution < -0.4 is 5.32 Å². The molecule has 0 aliphatic heterocycles. The Hall–Kier alpha value is -4.17. The summed E-state index contributed by atoms with van der Waals surface area (Å²) < 4.78 is 18.7. The molecule has 0 radical (unpaired) electrons. The van der Waals surface area contributed by atoms with Crippen molar-refractivity contribution in [1.29, 1.82) is 0 Å². The number of aromatic amines is 1. The summed E-state index contributed by atoms with van der Waals surface area (Å²) in [5.41, 5.74) is 5.70. The van der Waals surface area contributed by atoms with Gasteiger partial charge in [0.1, 0.15) is 12.4 Å². The Bertz CT molecular complexity index is 1420. The fourth-order valence-corrected chi connectivity index (χ4v) is 4.49. The second-order valence-electron chi connectivity index (χ2n) is 9.64. The fourth-order valence-electron chi connectivity index (χ4n) is 4.49. The average Bonchev–Trinajstić information content (AvgIpc) is 3.35. The number of para-hydroxylation sites is 1. The molecule has 0 unspecified atom stereocenters. The number of methoxy groups -OCH3 is 1. The van der Waals surface area contributed by atoms with Gasteiger partial charge >= 0.3 is 6.03 Å². The topological polar surface area (TPSA) is 77.7 Å². The number of hydrogen-bond acceptors (Lipinski definition) is 3. The molecule has 0 saturated heterocycles. The number of nitrogens with zero attached hydrogens (tertiary/aromatic N) is 2. The summed E-state index contributed by atoms with van der Waals surface area (Å²) in [4.78, 5) is 33.4. The molecule has 3 amide bonds. The molecule has 1 aromatic heterocycles. The van der Waals surface area contributed by atoms with Gasteiger partial charge in [-0.05, 0) is 66.8 Å². The van der Waals surface area contributed by atoms with Gasteiger partial charge in [0.2, 0.25) is 5.91 Å². The van der Waals surface area contributed by atoms with Crippen LogP contribution in [0, 0.1) is 19.7 Å². The quantitative estimate of drug-likeness (QED) is 0.262. The van der Waals surface area contributed by atoms with E-state index < -0.39 is 0 Å². The molecule has 4 rings (SSSR count). The molecule has 39 heavy (non-hydrogen) atoms. The zero-order valence-electron chi connectivity index (χ0n) is 22.7. The summed E-state index contributed by atoms with van der Waals surface area (Å²) in [6, 6.07) is 19.5. The number of H-pyrrole nitrogens is 1. The van der Waals surface area contributed by atoms with Crippen LogP contribution in [-0.4, -0.2) is 60.1 Å². The minimum atomic E-state index is -0.368. The van der Waals surface area contributed by atoms with E-state index in [9.17, 15) is 14.0 Å². The molecule has 3 aromatic carbocycles. The van der Waals surface area contributed by atoms with Crippen molar-refractivity contribution in [3.63, 3.8) is 0 Å². The Morgan fingerprint density at radius 1 is 0.949 bits per heavy atom. The lowest BCUT2D eigenvalue weighted by Crippen LogP contribution is -2.46. The number of benzene rings is 3. The van der Waals surface area contributed by atoms with Crippen LogP contribution in [0.15, 0.2) is 72.9 Å². The average molecular weight is 531 g/mol. The minimum absolute atomic E-state index is 0.116. The predicted molar refractivity (Wildman–Crippen MR) is 152 cm³/mol. The number of aryl methyl sites for hydroxylation is 1. The predicted octanol–water partition coefficient (Wildman–Crippen LogP) is 5.68. The zero-order chi connectivity index (χ0) is 27.8. The molecular weight excluding hydrogens is 495 g/mol. The molecule has 2 N–H and O–H groups in total. The molecule has 0 atom stereocenters. The van der Waals surface area contributed by atoms with Crippen molar-refractivity contribution in [2.24, 2.45) is 0 Å². The molecule has 4 aromatic rings. The Balaban J connectivity index is 1.52. The number of urea groups is 1. The van der Waals surface area contributed by atoms with E-state index in [1.165, 1.54) is 17.0 Å². The third-order valence-corrected chi connectivity index (χ3v) is 6.99. The molecule has 0 aliphatic rings. The summed E-state index contributed by atoms with van der Waals surface area (Å²) in [5.74, 6) is -0.532. The van der Waals surface area contributed by atoms with Crippen LogP contribution in [-0.2, 0) is 22.5 Å². The lowest BCUT2D eigenvalue weighted by molar-refractivity contribution is -0.132. The lowest BCUT2D eigenvalue weighted by Gasteiger charge is -2.28. The fraction of sp³-hybridized carbons (Fsp3) is 0.290. The Kier molecular flexibility index (Phi) is 9.33. The molecule has 0 spiro atoms. The standard InChI is InChI=1S/C31H35FN4O3/c1-22-7-6-10-28(23(22)2)34-31(38)36(17-18-39-3)21-30(37)35(20-24-11-13-26(32)14-12-24)16-15-25-19-33-29-9-5-4-8-27(25)29/h4-14,19,33H,15-18,20-21H2,1-3H3,(H,34,38). The van der Waals surface area contributed by atoms with E-state index in [2.05, 4.69) is 16.4 Å². The number of hydrogen-bond donors (Lipinski definition) is 2. The number of rotatable bonds is 11. The van der Waals surface area contributed by atoms with E-state index in [1.807, 2.05) is 56.4 Å². The SMILES string of the molecule is COCCN(CC(=O)N(CCc1c[nH]c2ccccc12)Cc1ccc(F)cc1)C(=O)Nc1cccc(C)c1C. The van der Waals surface area contributed by atoms with Gasteiger partial charge in [0.05, 0.1) is 6.61 Å². The highest BCUT2D eigenvalue weighted by Crippen LogP contribution is 2.20. The smallest absolute Gasteiger partial charge is 0.322 e. The second-order valence-corrected chi connectivity index (χ2v) is 9.64. The molecular formula is C31H35FN4O3. The highest BCUT2D eigenvalue weighted by Gasteiger charge is 2.22. The maximum absolute atomic E-state index is 13.7. The number of aromatic nitrogens is 1. The van der Waals surface area contributed by atoms with Crippen LogP contribution in [0.4, 0.5) is 14.9 Å². The largest absolute Gasteiger partial charge is 0.383 e. The number of fused-ring (bicyclic) bond motifs is 1. The van der Waals surface area contributed by atoms with Crippen LogP contribution in [0.25, 0.3) is 10.9 Å². The Morgan fingerprint density at radius 3 is 2.49 bits per heavy atom. The van der Waals surface area contributed by atoms with Gasteiger partial charge in [0.25, 0.3) is 0 Å². The van der Waals surface area contributed by atoms with E-state index in [0.29, 0.717) is 31.8 Å².